The third-order valence-electron chi connectivity index (χ3n) is 5.89. The number of nitrogens with zero attached hydrogens (tertiary/aromatic N) is 2. The average molecular weight is 517 g/mol. The van der Waals surface area contributed by atoms with Gasteiger partial charge in [0.25, 0.3) is 5.91 Å². The molecule has 1 fully saturated rings. The van der Waals surface area contributed by atoms with Gasteiger partial charge in [0.05, 0.1) is 11.4 Å². The van der Waals surface area contributed by atoms with Crippen molar-refractivity contribution in [3.8, 4) is 11.5 Å². The molecule has 2 amide bonds. The Morgan fingerprint density at radius 1 is 1.00 bits per heavy atom. The molecular formula is C28H24N2O4S2. The van der Waals surface area contributed by atoms with Crippen LogP contribution < -0.4 is 14.4 Å². The fraction of sp³-hybridized carbons (Fsp3) is 0.179. The first kappa shape index (κ1) is 24.1. The molecule has 0 atom stereocenters. The van der Waals surface area contributed by atoms with Crippen LogP contribution in [0.1, 0.15) is 24.0 Å². The smallest absolute Gasteiger partial charge is 0.266 e. The molecule has 2 aliphatic rings. The van der Waals surface area contributed by atoms with E-state index in [-0.39, 0.29) is 18.6 Å². The highest BCUT2D eigenvalue weighted by atomic mass is 32.2. The fourth-order valence-electron chi connectivity index (χ4n) is 4.07. The van der Waals surface area contributed by atoms with Gasteiger partial charge in [-0.1, -0.05) is 78.6 Å². The van der Waals surface area contributed by atoms with Gasteiger partial charge in [-0.15, -0.1) is 0 Å². The topological polar surface area (TPSA) is 59.1 Å². The third-order valence-corrected chi connectivity index (χ3v) is 7.27. The molecule has 0 unspecified atom stereocenters. The number of hydrogen-bond acceptors (Lipinski definition) is 6. The predicted molar refractivity (Wildman–Crippen MR) is 146 cm³/mol. The molecule has 3 aromatic carbocycles. The SMILES string of the molecule is O=C1/C(=C/c2ccc3c(c2)OCO3)SC(=S)N1CCCC(=O)N(Cc1ccccc1)c1ccccc1. The molecule has 0 radical (unpaired) electrons. The van der Waals surface area contributed by atoms with Crippen molar-refractivity contribution in [1.82, 2.24) is 4.90 Å². The first-order valence-electron chi connectivity index (χ1n) is 11.6. The molecule has 6 nitrogen and oxygen atoms in total. The zero-order chi connectivity index (χ0) is 24.9. The Balaban J connectivity index is 1.22. The van der Waals surface area contributed by atoms with E-state index in [0.717, 1.165) is 16.8 Å². The van der Waals surface area contributed by atoms with Crippen molar-refractivity contribution in [3.63, 3.8) is 0 Å². The number of carbonyl (C=O) groups is 2. The Morgan fingerprint density at radius 2 is 1.72 bits per heavy atom. The highest BCUT2D eigenvalue weighted by Gasteiger charge is 2.32. The number of anilines is 1. The molecule has 0 aliphatic carbocycles. The van der Waals surface area contributed by atoms with Gasteiger partial charge >= 0.3 is 0 Å². The summed E-state index contributed by atoms with van der Waals surface area (Å²) in [5.74, 6) is 1.23. The molecular weight excluding hydrogens is 492 g/mol. The molecule has 0 bridgehead atoms. The predicted octanol–water partition coefficient (Wildman–Crippen LogP) is 5.63. The van der Waals surface area contributed by atoms with Crippen molar-refractivity contribution in [2.75, 3.05) is 18.2 Å². The summed E-state index contributed by atoms with van der Waals surface area (Å²) in [7, 11) is 0. The number of rotatable bonds is 8. The summed E-state index contributed by atoms with van der Waals surface area (Å²) in [4.78, 5) is 30.2. The number of fused-ring (bicyclic) bond motifs is 1. The first-order chi connectivity index (χ1) is 17.6. The number of thioether (sulfide) groups is 1. The summed E-state index contributed by atoms with van der Waals surface area (Å²) in [6, 6.07) is 25.1. The van der Waals surface area contributed by atoms with E-state index in [1.807, 2.05) is 84.9 Å². The molecule has 36 heavy (non-hydrogen) atoms. The molecule has 5 rings (SSSR count). The van der Waals surface area contributed by atoms with Crippen LogP contribution >= 0.6 is 24.0 Å². The van der Waals surface area contributed by atoms with Gasteiger partial charge < -0.3 is 14.4 Å². The van der Waals surface area contributed by atoms with E-state index in [1.165, 1.54) is 11.8 Å². The summed E-state index contributed by atoms with van der Waals surface area (Å²) in [6.07, 6.45) is 2.63. The van der Waals surface area contributed by atoms with Crippen LogP contribution in [0.3, 0.4) is 0 Å². The maximum absolute atomic E-state index is 13.2. The molecule has 3 aromatic rings. The molecule has 0 N–H and O–H groups in total. The second-order valence-electron chi connectivity index (χ2n) is 8.35. The van der Waals surface area contributed by atoms with Gasteiger partial charge in [-0.05, 0) is 47.9 Å². The number of amides is 2. The number of carbonyl (C=O) groups excluding carboxylic acids is 2. The van der Waals surface area contributed by atoms with E-state index in [0.29, 0.717) is 46.7 Å². The molecule has 2 aliphatic heterocycles. The van der Waals surface area contributed by atoms with Crippen LogP contribution in [-0.4, -0.2) is 34.4 Å². The van der Waals surface area contributed by atoms with Gasteiger partial charge in [0, 0.05) is 18.7 Å². The van der Waals surface area contributed by atoms with E-state index in [9.17, 15) is 9.59 Å². The minimum atomic E-state index is -0.140. The monoisotopic (exact) mass is 516 g/mol. The van der Waals surface area contributed by atoms with Crippen molar-refractivity contribution in [2.45, 2.75) is 19.4 Å². The van der Waals surface area contributed by atoms with Gasteiger partial charge in [0.1, 0.15) is 4.32 Å². The summed E-state index contributed by atoms with van der Waals surface area (Å²) >= 11 is 6.75. The quantitative estimate of drug-likeness (QED) is 0.286. The van der Waals surface area contributed by atoms with Gasteiger partial charge in [-0.2, -0.15) is 0 Å². The lowest BCUT2D eigenvalue weighted by Crippen LogP contribution is -2.33. The molecule has 0 aromatic heterocycles. The molecule has 1 saturated heterocycles. The van der Waals surface area contributed by atoms with Crippen LogP contribution in [0.4, 0.5) is 5.69 Å². The lowest BCUT2D eigenvalue weighted by molar-refractivity contribution is -0.123. The van der Waals surface area contributed by atoms with Gasteiger partial charge in [-0.25, -0.2) is 0 Å². The van der Waals surface area contributed by atoms with E-state index in [4.69, 9.17) is 21.7 Å². The first-order valence-corrected chi connectivity index (χ1v) is 12.9. The Kier molecular flexibility index (Phi) is 7.34. The zero-order valence-electron chi connectivity index (χ0n) is 19.5. The molecule has 8 heteroatoms. The Hall–Kier alpha value is -3.62. The largest absolute Gasteiger partial charge is 0.454 e. The Bertz CT molecular complexity index is 1310. The van der Waals surface area contributed by atoms with Crippen molar-refractivity contribution in [3.05, 3.63) is 94.9 Å². The van der Waals surface area contributed by atoms with Crippen LogP contribution in [0.15, 0.2) is 83.8 Å². The summed E-state index contributed by atoms with van der Waals surface area (Å²) in [5.41, 5.74) is 2.75. The van der Waals surface area contributed by atoms with E-state index in [2.05, 4.69) is 0 Å². The van der Waals surface area contributed by atoms with E-state index >= 15 is 0 Å². The van der Waals surface area contributed by atoms with Crippen molar-refractivity contribution >= 4 is 51.9 Å². The number of thiocarbonyl (C=S) groups is 1. The van der Waals surface area contributed by atoms with Crippen LogP contribution in [0.5, 0.6) is 11.5 Å². The molecule has 2 heterocycles. The maximum atomic E-state index is 13.2. The summed E-state index contributed by atoms with van der Waals surface area (Å²) in [5, 5.41) is 0. The lowest BCUT2D eigenvalue weighted by atomic mass is 10.1. The Morgan fingerprint density at radius 3 is 2.50 bits per heavy atom. The van der Waals surface area contributed by atoms with E-state index < -0.39 is 0 Å². The van der Waals surface area contributed by atoms with Crippen molar-refractivity contribution in [1.29, 1.82) is 0 Å². The number of ether oxygens (including phenoxy) is 2. The fourth-order valence-corrected chi connectivity index (χ4v) is 5.38. The van der Waals surface area contributed by atoms with Gasteiger partial charge in [0.2, 0.25) is 12.7 Å². The second-order valence-corrected chi connectivity index (χ2v) is 10.0. The van der Waals surface area contributed by atoms with Crippen molar-refractivity contribution < 1.29 is 19.1 Å². The summed E-state index contributed by atoms with van der Waals surface area (Å²) < 4.78 is 11.3. The minimum Gasteiger partial charge on any atom is -0.454 e. The van der Waals surface area contributed by atoms with Crippen LogP contribution in [-0.2, 0) is 16.1 Å². The number of hydrogen-bond donors (Lipinski definition) is 0. The summed E-state index contributed by atoms with van der Waals surface area (Å²) in [6.45, 7) is 1.08. The second kappa shape index (κ2) is 11.0. The highest BCUT2D eigenvalue weighted by molar-refractivity contribution is 8.26. The average Bonchev–Trinajstić information content (AvgIpc) is 3.47. The zero-order valence-corrected chi connectivity index (χ0v) is 21.1. The van der Waals surface area contributed by atoms with E-state index in [1.54, 1.807) is 9.80 Å². The van der Waals surface area contributed by atoms with Gasteiger partial charge in [0.15, 0.2) is 11.5 Å². The normalized spacial score (nSPS) is 15.6. The van der Waals surface area contributed by atoms with Crippen LogP contribution in [0, 0.1) is 0 Å². The minimum absolute atomic E-state index is 0.00592. The molecule has 182 valence electrons. The van der Waals surface area contributed by atoms with Crippen LogP contribution in [0.25, 0.3) is 6.08 Å². The van der Waals surface area contributed by atoms with Crippen molar-refractivity contribution in [2.24, 2.45) is 0 Å². The maximum Gasteiger partial charge on any atom is 0.266 e. The standard InChI is InChI=1S/C28H24N2O4S2/c31-26(30(22-10-5-2-6-11-22)18-20-8-3-1-4-9-20)12-7-15-29-27(32)25(36-28(29)35)17-21-13-14-23-24(16-21)34-19-33-23/h1-6,8-11,13-14,16-17H,7,12,15,18-19H2/b25-17-. The number of benzene rings is 3. The lowest BCUT2D eigenvalue weighted by Gasteiger charge is -2.24. The Labute approximate surface area is 219 Å². The van der Waals surface area contributed by atoms with Crippen LogP contribution in [0.2, 0.25) is 0 Å². The van der Waals surface area contributed by atoms with Gasteiger partial charge in [-0.3, -0.25) is 14.5 Å². The molecule has 0 spiro atoms. The number of para-hydroxylation sites is 1. The third kappa shape index (κ3) is 5.45. The molecule has 0 saturated carbocycles. The highest BCUT2D eigenvalue weighted by Crippen LogP contribution is 2.36.